The molecule has 0 bridgehead atoms. The van der Waals surface area contributed by atoms with E-state index in [1.54, 1.807) is 23.5 Å². The van der Waals surface area contributed by atoms with Gasteiger partial charge in [-0.25, -0.2) is 14.6 Å². The molecule has 0 fully saturated rings. The lowest BCUT2D eigenvalue weighted by Gasteiger charge is -2.23. The first kappa shape index (κ1) is 38.1. The summed E-state index contributed by atoms with van der Waals surface area (Å²) in [7, 11) is 4.94. The second-order valence-electron chi connectivity index (χ2n) is 12.3. The molecule has 54 heavy (non-hydrogen) atoms. The number of methoxy groups -OCH3 is 2. The molecule has 10 rings (SSSR count). The fraction of sp³-hybridized carbons (Fsp3) is 0.0909. The summed E-state index contributed by atoms with van der Waals surface area (Å²) in [4.78, 5) is 36.0. The van der Waals surface area contributed by atoms with E-state index >= 15 is 0 Å². The number of aromatic nitrogens is 2. The van der Waals surface area contributed by atoms with Crippen LogP contribution in [0, 0.1) is 0 Å². The van der Waals surface area contributed by atoms with E-state index in [1.165, 1.54) is 40.3 Å². The third kappa shape index (κ3) is 6.20. The molecule has 6 aromatic carbocycles. The maximum atomic E-state index is 12.4. The number of fused-ring (bicyclic) bond motifs is 8. The number of pyridine rings is 2. The van der Waals surface area contributed by atoms with E-state index in [2.05, 4.69) is 101 Å². The predicted octanol–water partition coefficient (Wildman–Crippen LogP) is 8.10. The van der Waals surface area contributed by atoms with Crippen LogP contribution in [0.25, 0.3) is 65.9 Å². The summed E-state index contributed by atoms with van der Waals surface area (Å²) < 4.78 is 12.2. The average molecular weight is 971 g/mol. The number of hydrogen-bond acceptors (Lipinski definition) is 7. The molecular formula is C44H32I2N2O4S2. The molecule has 268 valence electrons. The van der Waals surface area contributed by atoms with Gasteiger partial charge in [0.25, 0.3) is 0 Å². The minimum Gasteiger partial charge on any atom is -1.00 e. The van der Waals surface area contributed by atoms with Crippen LogP contribution in [0.4, 0.5) is 0 Å². The van der Waals surface area contributed by atoms with Gasteiger partial charge < -0.3 is 33.5 Å². The number of ether oxygens (including phenoxy) is 2. The summed E-state index contributed by atoms with van der Waals surface area (Å²) in [6.45, 7) is 0. The molecule has 2 aliphatic heterocycles. The number of alkyl halides is 1. The van der Waals surface area contributed by atoms with E-state index in [1.807, 2.05) is 59.5 Å². The highest BCUT2D eigenvalue weighted by Crippen LogP contribution is 2.52. The minimum atomic E-state index is -0.313. The number of benzene rings is 6. The van der Waals surface area contributed by atoms with Gasteiger partial charge in [-0.1, -0.05) is 113 Å². The Morgan fingerprint density at radius 3 is 1.69 bits per heavy atom. The van der Waals surface area contributed by atoms with Crippen molar-refractivity contribution in [2.75, 3.05) is 19.2 Å². The van der Waals surface area contributed by atoms with Crippen LogP contribution in [-0.4, -0.2) is 36.1 Å². The molecule has 10 heteroatoms. The SMILES string of the molecule is CI.COC(=O)c1cccc2c1-c1cccc3c1c(c1ccccc1[n+]3C)S2.COC(=O)c1cccc2c1-c1cccc3nc4ccccc4c(c13)S2.[I-]. The standard InChI is InChI=1S/C22H16NO2S.C21H13NO2S.CH3I.HI/c1-23-16-10-4-3-7-13(16)21-20-14(8-5-11-17(20)23)19-15(22(24)25-2)9-6-12-18(19)26-21;1-24-21(23)14-8-5-11-17-18(14)13-7-4-10-16-19(13)20(25-17)12-6-2-3-9-15(12)22-16;1-2;/h3-12H,1-2H3;2-11H,1H3;1H3;1H/q+1;;;/p-1. The van der Waals surface area contributed by atoms with Crippen molar-refractivity contribution < 1.29 is 47.6 Å². The minimum absolute atomic E-state index is 0. The van der Waals surface area contributed by atoms with Crippen LogP contribution >= 0.6 is 46.1 Å². The van der Waals surface area contributed by atoms with Gasteiger partial charge in [0.05, 0.1) is 47.2 Å². The van der Waals surface area contributed by atoms with Gasteiger partial charge in [-0.05, 0) is 58.5 Å². The Hall–Kier alpha value is -4.24. The zero-order chi connectivity index (χ0) is 36.8. The molecule has 0 N–H and O–H groups in total. The van der Waals surface area contributed by atoms with Gasteiger partial charge in [-0.3, -0.25) is 0 Å². The summed E-state index contributed by atoms with van der Waals surface area (Å²) in [6, 6.07) is 40.7. The van der Waals surface area contributed by atoms with Crippen LogP contribution in [0.1, 0.15) is 20.7 Å². The van der Waals surface area contributed by atoms with Crippen LogP contribution in [0.2, 0.25) is 0 Å². The van der Waals surface area contributed by atoms with Crippen molar-refractivity contribution in [1.29, 1.82) is 0 Å². The van der Waals surface area contributed by atoms with Gasteiger partial charge in [0.1, 0.15) is 7.05 Å². The van der Waals surface area contributed by atoms with Gasteiger partial charge in [0.2, 0.25) is 11.0 Å². The molecule has 0 unspecified atom stereocenters. The van der Waals surface area contributed by atoms with Crippen molar-refractivity contribution in [3.8, 4) is 22.3 Å². The highest BCUT2D eigenvalue weighted by atomic mass is 127. The van der Waals surface area contributed by atoms with Crippen molar-refractivity contribution in [3.05, 3.63) is 132 Å². The molecule has 0 atom stereocenters. The fourth-order valence-corrected chi connectivity index (χ4v) is 9.95. The molecule has 6 nitrogen and oxygen atoms in total. The zero-order valence-electron chi connectivity index (χ0n) is 29.6. The maximum Gasteiger partial charge on any atom is 0.338 e. The lowest BCUT2D eigenvalue weighted by atomic mass is 9.94. The Labute approximate surface area is 351 Å². The Bertz CT molecular complexity index is 2810. The monoisotopic (exact) mass is 970 g/mol. The highest BCUT2D eigenvalue weighted by Gasteiger charge is 2.30. The average Bonchev–Trinajstić information content (AvgIpc) is 3.22. The molecule has 0 saturated heterocycles. The number of hydrogen-bond donors (Lipinski definition) is 0. The smallest absolute Gasteiger partial charge is 0.338 e. The Morgan fingerprint density at radius 2 is 1.06 bits per heavy atom. The van der Waals surface area contributed by atoms with Gasteiger partial charge in [-0.15, -0.1) is 0 Å². The largest absolute Gasteiger partial charge is 1.00 e. The number of esters is 2. The Balaban J connectivity index is 0.000000157. The maximum absolute atomic E-state index is 12.4. The summed E-state index contributed by atoms with van der Waals surface area (Å²) in [6.07, 6.45) is 0. The van der Waals surface area contributed by atoms with E-state index in [4.69, 9.17) is 14.5 Å². The van der Waals surface area contributed by atoms with Crippen molar-refractivity contribution in [2.45, 2.75) is 19.6 Å². The number of aryl methyl sites for hydroxylation is 1. The molecule has 0 spiro atoms. The van der Waals surface area contributed by atoms with Crippen molar-refractivity contribution >= 4 is 102 Å². The second-order valence-corrected chi connectivity index (χ2v) is 14.4. The molecule has 0 radical (unpaired) electrons. The number of carbonyl (C=O) groups is 2. The van der Waals surface area contributed by atoms with E-state index in [0.717, 1.165) is 59.4 Å². The number of para-hydroxylation sites is 2. The number of halogens is 2. The fourth-order valence-electron chi connectivity index (χ4n) is 7.38. The summed E-state index contributed by atoms with van der Waals surface area (Å²) >= 11 is 5.58. The molecule has 0 amide bonds. The quantitative estimate of drug-likeness (QED) is 0.0571. The van der Waals surface area contributed by atoms with Gasteiger partial charge in [0.15, 0.2) is 0 Å². The van der Waals surface area contributed by atoms with Crippen LogP contribution in [0.5, 0.6) is 0 Å². The first-order valence-electron chi connectivity index (χ1n) is 16.8. The Kier molecular flexibility index (Phi) is 11.2. The van der Waals surface area contributed by atoms with Crippen LogP contribution < -0.4 is 28.5 Å². The predicted molar refractivity (Wildman–Crippen MR) is 224 cm³/mol. The normalized spacial score (nSPS) is 11.6. The molecule has 2 aliphatic rings. The number of rotatable bonds is 2. The lowest BCUT2D eigenvalue weighted by molar-refractivity contribution is -0.617. The van der Waals surface area contributed by atoms with Crippen molar-refractivity contribution in [3.63, 3.8) is 0 Å². The molecular weight excluding hydrogens is 938 g/mol. The van der Waals surface area contributed by atoms with Crippen LogP contribution in [0.3, 0.4) is 0 Å². The summed E-state index contributed by atoms with van der Waals surface area (Å²) in [5, 5.41) is 4.67. The third-order valence-corrected chi connectivity index (χ3v) is 12.0. The van der Waals surface area contributed by atoms with Gasteiger partial charge in [-0.2, -0.15) is 4.57 Å². The van der Waals surface area contributed by atoms with Crippen LogP contribution in [0.15, 0.2) is 141 Å². The second kappa shape index (κ2) is 15.9. The first-order valence-corrected chi connectivity index (χ1v) is 20.6. The van der Waals surface area contributed by atoms with Crippen LogP contribution in [-0.2, 0) is 16.5 Å². The Morgan fingerprint density at radius 1 is 0.574 bits per heavy atom. The van der Waals surface area contributed by atoms with Gasteiger partial charge >= 0.3 is 11.9 Å². The van der Waals surface area contributed by atoms with Crippen molar-refractivity contribution in [1.82, 2.24) is 4.98 Å². The first-order chi connectivity index (χ1) is 26.0. The molecule has 8 aromatic rings. The van der Waals surface area contributed by atoms with Gasteiger partial charge in [0, 0.05) is 53.6 Å². The summed E-state index contributed by atoms with van der Waals surface area (Å²) in [5.74, 6) is -0.611. The highest BCUT2D eigenvalue weighted by molar-refractivity contribution is 14.1. The lowest BCUT2D eigenvalue weighted by Crippen LogP contribution is -3.00. The van der Waals surface area contributed by atoms with Crippen molar-refractivity contribution in [2.24, 2.45) is 7.05 Å². The van der Waals surface area contributed by atoms with E-state index in [9.17, 15) is 9.59 Å². The number of carbonyl (C=O) groups excluding carboxylic acids is 2. The molecule has 4 heterocycles. The topological polar surface area (TPSA) is 69.4 Å². The van der Waals surface area contributed by atoms with E-state index in [0.29, 0.717) is 11.1 Å². The molecule has 0 saturated carbocycles. The summed E-state index contributed by atoms with van der Waals surface area (Å²) in [5.41, 5.74) is 9.55. The zero-order valence-corrected chi connectivity index (χ0v) is 35.6. The van der Waals surface area contributed by atoms with E-state index in [-0.39, 0.29) is 35.9 Å². The van der Waals surface area contributed by atoms with E-state index < -0.39 is 0 Å². The number of nitrogens with zero attached hydrogens (tertiary/aromatic N) is 2. The molecule has 2 aromatic heterocycles. The third-order valence-electron chi connectivity index (χ3n) is 9.63. The molecule has 0 aliphatic carbocycles.